The van der Waals surface area contributed by atoms with Crippen molar-refractivity contribution in [3.8, 4) is 11.5 Å². The van der Waals surface area contributed by atoms with Gasteiger partial charge in [-0.2, -0.15) is 0 Å². The van der Waals surface area contributed by atoms with Gasteiger partial charge < -0.3 is 20.1 Å². The van der Waals surface area contributed by atoms with Gasteiger partial charge in [-0.05, 0) is 52.7 Å². The van der Waals surface area contributed by atoms with E-state index in [-0.39, 0.29) is 5.70 Å². The maximum Gasteiger partial charge on any atom is 0.329 e. The summed E-state index contributed by atoms with van der Waals surface area (Å²) in [4.78, 5) is 39.1. The number of amides is 4. The lowest BCUT2D eigenvalue weighted by Gasteiger charge is -2.13. The van der Waals surface area contributed by atoms with Crippen LogP contribution in [-0.4, -0.2) is 36.4 Å². The summed E-state index contributed by atoms with van der Waals surface area (Å²) in [5.41, 5.74) is 2.09. The molecule has 8 nitrogen and oxygen atoms in total. The monoisotopic (exact) mass is 585 g/mol. The van der Waals surface area contributed by atoms with Crippen LogP contribution in [0.15, 0.2) is 95.1 Å². The van der Waals surface area contributed by atoms with Gasteiger partial charge in [0.15, 0.2) is 0 Å². The number of benzene rings is 4. The number of hydrogen-bond donors (Lipinski definition) is 2. The minimum absolute atomic E-state index is 0.0400. The van der Waals surface area contributed by atoms with Gasteiger partial charge in [0, 0.05) is 10.0 Å². The van der Waals surface area contributed by atoms with Crippen molar-refractivity contribution >= 4 is 56.3 Å². The van der Waals surface area contributed by atoms with E-state index >= 15 is 0 Å². The first kappa shape index (κ1) is 26.0. The number of para-hydroxylation sites is 2. The van der Waals surface area contributed by atoms with Crippen molar-refractivity contribution in [3.63, 3.8) is 0 Å². The summed E-state index contributed by atoms with van der Waals surface area (Å²) in [7, 11) is 1.49. The summed E-state index contributed by atoms with van der Waals surface area (Å²) in [6.45, 7) is -0.141. The number of ether oxygens (including phenoxy) is 2. The zero-order valence-corrected chi connectivity index (χ0v) is 22.5. The first-order valence-corrected chi connectivity index (χ1v) is 12.9. The van der Waals surface area contributed by atoms with Gasteiger partial charge >= 0.3 is 6.03 Å². The molecule has 1 saturated heterocycles. The molecule has 4 aromatic rings. The van der Waals surface area contributed by atoms with E-state index in [1.54, 1.807) is 42.5 Å². The number of methoxy groups -OCH3 is 1. The zero-order valence-electron chi connectivity index (χ0n) is 20.9. The number of urea groups is 1. The molecular weight excluding hydrogens is 562 g/mol. The second-order valence-electron chi connectivity index (χ2n) is 8.74. The largest absolute Gasteiger partial charge is 0.495 e. The lowest BCUT2D eigenvalue weighted by Crippen LogP contribution is -2.38. The molecule has 0 radical (unpaired) electrons. The fraction of sp³-hybridized carbons (Fsp3) is 0.100. The fourth-order valence-corrected chi connectivity index (χ4v) is 4.67. The Morgan fingerprint density at radius 2 is 1.74 bits per heavy atom. The number of hydrogen-bond acceptors (Lipinski definition) is 5. The molecule has 0 unspecified atom stereocenters. The molecule has 9 heteroatoms. The zero-order chi connectivity index (χ0) is 27.4. The maximum atomic E-state index is 13.1. The minimum atomic E-state index is -0.686. The molecule has 5 rings (SSSR count). The van der Waals surface area contributed by atoms with Crippen molar-refractivity contribution in [3.05, 3.63) is 106 Å². The van der Waals surface area contributed by atoms with Crippen molar-refractivity contribution in [2.24, 2.45) is 0 Å². The molecule has 39 heavy (non-hydrogen) atoms. The van der Waals surface area contributed by atoms with Crippen molar-refractivity contribution < 1.29 is 23.9 Å². The molecule has 1 heterocycles. The third-order valence-corrected chi connectivity index (χ3v) is 6.67. The van der Waals surface area contributed by atoms with Crippen LogP contribution in [0.25, 0.3) is 16.8 Å². The molecule has 0 aromatic heterocycles. The first-order chi connectivity index (χ1) is 18.9. The summed E-state index contributed by atoms with van der Waals surface area (Å²) in [5.74, 6) is -0.150. The van der Waals surface area contributed by atoms with Crippen LogP contribution in [0.3, 0.4) is 0 Å². The van der Waals surface area contributed by atoms with Crippen LogP contribution >= 0.6 is 15.9 Å². The van der Waals surface area contributed by atoms with Crippen LogP contribution in [0.5, 0.6) is 11.5 Å². The molecule has 0 atom stereocenters. The number of carbonyl (C=O) groups is 3. The van der Waals surface area contributed by atoms with Crippen LogP contribution in [0, 0.1) is 0 Å². The molecule has 196 valence electrons. The molecule has 2 N–H and O–H groups in total. The Kier molecular flexibility index (Phi) is 7.60. The van der Waals surface area contributed by atoms with Gasteiger partial charge in [-0.1, -0.05) is 70.5 Å². The summed E-state index contributed by atoms with van der Waals surface area (Å²) in [6.07, 6.45) is 1.54. The van der Waals surface area contributed by atoms with Crippen LogP contribution in [0.4, 0.5) is 10.5 Å². The number of imide groups is 1. The molecule has 0 aliphatic carbocycles. The molecule has 1 aliphatic heterocycles. The molecule has 0 spiro atoms. The van der Waals surface area contributed by atoms with Crippen molar-refractivity contribution in [2.45, 2.75) is 6.61 Å². The highest BCUT2D eigenvalue weighted by Crippen LogP contribution is 2.29. The van der Waals surface area contributed by atoms with Crippen LogP contribution in [0.2, 0.25) is 0 Å². The fourth-order valence-electron chi connectivity index (χ4n) is 4.29. The molecule has 1 aliphatic rings. The van der Waals surface area contributed by atoms with E-state index in [9.17, 15) is 14.4 Å². The van der Waals surface area contributed by atoms with Crippen LogP contribution < -0.4 is 20.1 Å². The number of rotatable bonds is 8. The topological polar surface area (TPSA) is 97.0 Å². The summed E-state index contributed by atoms with van der Waals surface area (Å²) in [6, 6.07) is 25.7. The lowest BCUT2D eigenvalue weighted by molar-refractivity contribution is -0.127. The molecule has 4 aromatic carbocycles. The van der Waals surface area contributed by atoms with Gasteiger partial charge in [0.2, 0.25) is 5.91 Å². The predicted octanol–water partition coefficient (Wildman–Crippen LogP) is 5.72. The second kappa shape index (κ2) is 11.4. The Morgan fingerprint density at radius 1 is 0.974 bits per heavy atom. The van der Waals surface area contributed by atoms with E-state index in [2.05, 4.69) is 26.6 Å². The van der Waals surface area contributed by atoms with Crippen molar-refractivity contribution in [2.75, 3.05) is 19.0 Å². The van der Waals surface area contributed by atoms with Gasteiger partial charge in [-0.15, -0.1) is 0 Å². The second-order valence-corrected chi connectivity index (χ2v) is 9.65. The number of nitrogens with one attached hydrogen (secondary N) is 2. The number of halogens is 1. The van der Waals surface area contributed by atoms with Gasteiger partial charge in [0.05, 0.1) is 12.8 Å². The standard InChI is InChI=1S/C30H24BrN3O5/c1-38-27-12-5-4-11-24(27)32-28(35)17-34-29(36)25(33-30(34)37)16-21-15-22(31)13-14-26(21)39-18-20-9-6-8-19-7-2-3-10-23(19)20/h2-16H,17-18H2,1H3,(H,32,35)(H,33,37). The van der Waals surface area contributed by atoms with E-state index in [0.717, 1.165) is 25.7 Å². The number of anilines is 1. The highest BCUT2D eigenvalue weighted by molar-refractivity contribution is 9.10. The molecule has 1 fully saturated rings. The van der Waals surface area contributed by atoms with Crippen LogP contribution in [0.1, 0.15) is 11.1 Å². The molecule has 4 amide bonds. The van der Waals surface area contributed by atoms with E-state index < -0.39 is 24.4 Å². The summed E-state index contributed by atoms with van der Waals surface area (Å²) < 4.78 is 12.2. The number of fused-ring (bicyclic) bond motifs is 1. The average molecular weight is 586 g/mol. The predicted molar refractivity (Wildman–Crippen MR) is 152 cm³/mol. The third kappa shape index (κ3) is 5.78. The van der Waals surface area contributed by atoms with Crippen LogP contribution in [-0.2, 0) is 16.2 Å². The Morgan fingerprint density at radius 3 is 2.59 bits per heavy atom. The normalized spacial score (nSPS) is 14.0. The third-order valence-electron chi connectivity index (χ3n) is 6.18. The quantitative estimate of drug-likeness (QED) is 0.203. The van der Waals surface area contributed by atoms with E-state index in [1.165, 1.54) is 7.11 Å². The Labute approximate surface area is 233 Å². The van der Waals surface area contributed by atoms with E-state index in [0.29, 0.717) is 29.4 Å². The highest BCUT2D eigenvalue weighted by atomic mass is 79.9. The Hall–Kier alpha value is -4.63. The van der Waals surface area contributed by atoms with Gasteiger partial charge in [-0.3, -0.25) is 9.59 Å². The molecular formula is C30H24BrN3O5. The molecule has 0 saturated carbocycles. The lowest BCUT2D eigenvalue weighted by atomic mass is 10.1. The van der Waals surface area contributed by atoms with Gasteiger partial charge in [0.25, 0.3) is 5.91 Å². The first-order valence-electron chi connectivity index (χ1n) is 12.1. The van der Waals surface area contributed by atoms with Crippen molar-refractivity contribution in [1.29, 1.82) is 0 Å². The number of nitrogens with zero attached hydrogens (tertiary/aromatic N) is 1. The Bertz CT molecular complexity index is 1610. The Balaban J connectivity index is 1.32. The molecule has 0 bridgehead atoms. The smallest absolute Gasteiger partial charge is 0.329 e. The minimum Gasteiger partial charge on any atom is -0.495 e. The highest BCUT2D eigenvalue weighted by Gasteiger charge is 2.35. The average Bonchev–Trinajstić information content (AvgIpc) is 3.20. The van der Waals surface area contributed by atoms with E-state index in [4.69, 9.17) is 9.47 Å². The van der Waals surface area contributed by atoms with Crippen molar-refractivity contribution in [1.82, 2.24) is 10.2 Å². The van der Waals surface area contributed by atoms with Gasteiger partial charge in [-0.25, -0.2) is 9.69 Å². The summed E-state index contributed by atoms with van der Waals surface area (Å²) >= 11 is 3.46. The van der Waals surface area contributed by atoms with Gasteiger partial charge in [0.1, 0.15) is 30.3 Å². The van der Waals surface area contributed by atoms with E-state index in [1.807, 2.05) is 48.5 Å². The maximum absolute atomic E-state index is 13.1. The number of carbonyl (C=O) groups excluding carboxylic acids is 3. The summed E-state index contributed by atoms with van der Waals surface area (Å²) in [5, 5.41) is 7.44. The SMILES string of the molecule is COc1ccccc1NC(=O)CN1C(=O)NC(=Cc2cc(Br)ccc2OCc2cccc3ccccc23)C1=O.